The highest BCUT2D eigenvalue weighted by Gasteiger charge is 2.06. The van der Waals surface area contributed by atoms with Crippen LogP contribution in [-0.4, -0.2) is 16.5 Å². The number of amidine groups is 1. The molecule has 0 aromatic heterocycles. The van der Waals surface area contributed by atoms with Gasteiger partial charge in [0, 0.05) is 16.3 Å². The van der Waals surface area contributed by atoms with Crippen LogP contribution in [0, 0.1) is 5.82 Å². The summed E-state index contributed by atoms with van der Waals surface area (Å²) >= 11 is 4.51. The van der Waals surface area contributed by atoms with Gasteiger partial charge in [0.1, 0.15) is 11.6 Å². The van der Waals surface area contributed by atoms with E-state index in [0.29, 0.717) is 21.0 Å². The van der Waals surface area contributed by atoms with Crippen molar-refractivity contribution in [1.29, 1.82) is 0 Å². The van der Waals surface area contributed by atoms with Crippen LogP contribution in [0.15, 0.2) is 57.1 Å². The Kier molecular flexibility index (Phi) is 5.97. The summed E-state index contributed by atoms with van der Waals surface area (Å²) in [6, 6.07) is 12.1. The molecule has 114 valence electrons. The molecule has 0 heterocycles. The molecule has 0 unspecified atom stereocenters. The third-order valence-corrected chi connectivity index (χ3v) is 4.16. The van der Waals surface area contributed by atoms with Crippen molar-refractivity contribution in [3.8, 4) is 5.75 Å². The predicted octanol–water partition coefficient (Wildman–Crippen LogP) is 3.88. The summed E-state index contributed by atoms with van der Waals surface area (Å²) in [4.78, 5) is 0. The van der Waals surface area contributed by atoms with E-state index in [1.807, 2.05) is 30.3 Å². The minimum atomic E-state index is -0.539. The van der Waals surface area contributed by atoms with Crippen LogP contribution in [0.1, 0.15) is 11.1 Å². The molecule has 0 amide bonds. The van der Waals surface area contributed by atoms with Crippen LogP contribution in [0.25, 0.3) is 0 Å². The molecule has 0 atom stereocenters. The van der Waals surface area contributed by atoms with Crippen LogP contribution in [-0.2, 0) is 5.75 Å². The Morgan fingerprint density at radius 2 is 2.05 bits per heavy atom. The van der Waals surface area contributed by atoms with Crippen LogP contribution in [0.3, 0.4) is 0 Å². The number of phenolic OH excluding ortho intramolecular Hbond substituents is 1. The SMILES string of the molecule is NC(=NN=Cc1c(O)cc(F)cc1Br)SCc1ccccc1. The number of phenols is 1. The molecule has 0 fully saturated rings. The molecule has 2 aromatic rings. The molecule has 22 heavy (non-hydrogen) atoms. The van der Waals surface area contributed by atoms with Crippen molar-refractivity contribution in [2.24, 2.45) is 15.9 Å². The van der Waals surface area contributed by atoms with E-state index < -0.39 is 5.82 Å². The molecule has 2 aromatic carbocycles. The quantitative estimate of drug-likeness (QED) is 0.479. The predicted molar refractivity (Wildman–Crippen MR) is 92.7 cm³/mol. The molecule has 0 aliphatic rings. The maximum atomic E-state index is 13.0. The summed E-state index contributed by atoms with van der Waals surface area (Å²) in [5.41, 5.74) is 7.22. The smallest absolute Gasteiger partial charge is 0.180 e. The number of thioether (sulfide) groups is 1. The lowest BCUT2D eigenvalue weighted by Gasteiger charge is -2.01. The molecular weight excluding hydrogens is 369 g/mol. The minimum absolute atomic E-state index is 0.221. The molecule has 7 heteroatoms. The second-order valence-electron chi connectivity index (χ2n) is 4.28. The fraction of sp³-hybridized carbons (Fsp3) is 0.0667. The van der Waals surface area contributed by atoms with Crippen LogP contribution in [0.5, 0.6) is 5.75 Å². The first-order chi connectivity index (χ1) is 10.6. The number of halogens is 2. The lowest BCUT2D eigenvalue weighted by Crippen LogP contribution is -2.06. The highest BCUT2D eigenvalue weighted by Crippen LogP contribution is 2.25. The second-order valence-corrected chi connectivity index (χ2v) is 6.13. The van der Waals surface area contributed by atoms with Gasteiger partial charge in [0.05, 0.1) is 11.8 Å². The molecule has 0 spiro atoms. The van der Waals surface area contributed by atoms with E-state index in [-0.39, 0.29) is 5.75 Å². The van der Waals surface area contributed by atoms with Crippen LogP contribution in [0.2, 0.25) is 0 Å². The van der Waals surface area contributed by atoms with Crippen molar-refractivity contribution < 1.29 is 9.50 Å². The molecule has 0 radical (unpaired) electrons. The van der Waals surface area contributed by atoms with Gasteiger partial charge in [0.25, 0.3) is 0 Å². The first-order valence-electron chi connectivity index (χ1n) is 6.27. The topological polar surface area (TPSA) is 71.0 Å². The summed E-state index contributed by atoms with van der Waals surface area (Å²) in [5.74, 6) is -0.0683. The average Bonchev–Trinajstić information content (AvgIpc) is 2.49. The Labute approximate surface area is 140 Å². The minimum Gasteiger partial charge on any atom is -0.507 e. The van der Waals surface area contributed by atoms with E-state index in [0.717, 1.165) is 11.6 Å². The van der Waals surface area contributed by atoms with Crippen molar-refractivity contribution >= 4 is 39.1 Å². The Hall–Kier alpha value is -1.86. The third kappa shape index (κ3) is 4.85. The van der Waals surface area contributed by atoms with Gasteiger partial charge in [-0.05, 0) is 27.6 Å². The number of rotatable bonds is 4. The van der Waals surface area contributed by atoms with Gasteiger partial charge in [-0.25, -0.2) is 4.39 Å². The van der Waals surface area contributed by atoms with Crippen molar-refractivity contribution in [2.75, 3.05) is 0 Å². The molecule has 0 saturated carbocycles. The summed E-state index contributed by atoms with van der Waals surface area (Å²) in [6.45, 7) is 0. The maximum Gasteiger partial charge on any atom is 0.180 e. The molecule has 0 bridgehead atoms. The molecule has 3 N–H and O–H groups in total. The van der Waals surface area contributed by atoms with Crippen LogP contribution >= 0.6 is 27.7 Å². The summed E-state index contributed by atoms with van der Waals surface area (Å²) in [5, 5.41) is 17.6. The number of nitrogens with zero attached hydrogens (tertiary/aromatic N) is 2. The third-order valence-electron chi connectivity index (χ3n) is 2.65. The van der Waals surface area contributed by atoms with Gasteiger partial charge in [-0.3, -0.25) is 0 Å². The van der Waals surface area contributed by atoms with Gasteiger partial charge >= 0.3 is 0 Å². The zero-order chi connectivity index (χ0) is 15.9. The molecular formula is C15H13BrFN3OS. The Morgan fingerprint density at radius 1 is 1.32 bits per heavy atom. The standard InChI is InChI=1S/C15H13BrFN3OS/c16-13-6-11(17)7-14(21)12(13)8-19-20-15(18)22-9-10-4-2-1-3-5-10/h1-8,21H,9H2,(H2,18,20). The van der Waals surface area contributed by atoms with Crippen molar-refractivity contribution in [3.05, 3.63) is 63.9 Å². The van der Waals surface area contributed by atoms with E-state index in [9.17, 15) is 9.50 Å². The molecule has 0 aliphatic heterocycles. The zero-order valence-corrected chi connectivity index (χ0v) is 13.8. The Bertz CT molecular complexity index is 684. The first-order valence-corrected chi connectivity index (χ1v) is 8.05. The van der Waals surface area contributed by atoms with Gasteiger partial charge in [0.15, 0.2) is 5.17 Å². The fourth-order valence-electron chi connectivity index (χ4n) is 1.60. The zero-order valence-electron chi connectivity index (χ0n) is 11.4. The highest BCUT2D eigenvalue weighted by atomic mass is 79.9. The monoisotopic (exact) mass is 381 g/mol. The Morgan fingerprint density at radius 3 is 2.73 bits per heavy atom. The van der Waals surface area contributed by atoms with Crippen LogP contribution in [0.4, 0.5) is 4.39 Å². The molecule has 0 saturated heterocycles. The van der Waals surface area contributed by atoms with Gasteiger partial charge in [-0.2, -0.15) is 5.10 Å². The van der Waals surface area contributed by atoms with Crippen LogP contribution < -0.4 is 5.73 Å². The number of nitrogens with two attached hydrogens (primary N) is 1. The highest BCUT2D eigenvalue weighted by molar-refractivity contribution is 9.10. The lowest BCUT2D eigenvalue weighted by atomic mass is 10.2. The number of benzene rings is 2. The van der Waals surface area contributed by atoms with Gasteiger partial charge in [-0.15, -0.1) is 5.10 Å². The number of hydrogen-bond acceptors (Lipinski definition) is 4. The van der Waals surface area contributed by atoms with E-state index in [4.69, 9.17) is 5.73 Å². The summed E-state index contributed by atoms with van der Waals surface area (Å²) in [7, 11) is 0. The maximum absolute atomic E-state index is 13.0. The van der Waals surface area contributed by atoms with Crippen molar-refractivity contribution in [2.45, 2.75) is 5.75 Å². The van der Waals surface area contributed by atoms with Gasteiger partial charge in [-0.1, -0.05) is 42.1 Å². The molecule has 0 aliphatic carbocycles. The van der Waals surface area contributed by atoms with E-state index in [1.165, 1.54) is 24.0 Å². The van der Waals surface area contributed by atoms with E-state index in [2.05, 4.69) is 26.1 Å². The van der Waals surface area contributed by atoms with Gasteiger partial charge in [0.2, 0.25) is 0 Å². The first kappa shape index (κ1) is 16.5. The summed E-state index contributed by atoms with van der Waals surface area (Å²) in [6.07, 6.45) is 1.31. The average molecular weight is 382 g/mol. The lowest BCUT2D eigenvalue weighted by molar-refractivity contribution is 0.467. The second kappa shape index (κ2) is 7.95. The molecule has 2 rings (SSSR count). The molecule has 4 nitrogen and oxygen atoms in total. The largest absolute Gasteiger partial charge is 0.507 e. The van der Waals surface area contributed by atoms with Gasteiger partial charge < -0.3 is 10.8 Å². The van der Waals surface area contributed by atoms with Crippen molar-refractivity contribution in [1.82, 2.24) is 0 Å². The van der Waals surface area contributed by atoms with E-state index >= 15 is 0 Å². The fourth-order valence-corrected chi connectivity index (χ4v) is 2.74. The normalized spacial score (nSPS) is 12.0. The van der Waals surface area contributed by atoms with E-state index in [1.54, 1.807) is 0 Å². The summed E-state index contributed by atoms with van der Waals surface area (Å²) < 4.78 is 13.4. The number of hydrogen-bond donors (Lipinski definition) is 2. The van der Waals surface area contributed by atoms with Crippen molar-refractivity contribution in [3.63, 3.8) is 0 Å². The Balaban J connectivity index is 1.99. The number of aromatic hydroxyl groups is 1.